The van der Waals surface area contributed by atoms with Crippen LogP contribution in [0, 0.1) is 5.92 Å². The van der Waals surface area contributed by atoms with Gasteiger partial charge in [0.05, 0.1) is 12.3 Å². The third kappa shape index (κ3) is 2.76. The zero-order valence-corrected chi connectivity index (χ0v) is 11.1. The van der Waals surface area contributed by atoms with E-state index < -0.39 is 11.9 Å². The molecule has 0 saturated carbocycles. The summed E-state index contributed by atoms with van der Waals surface area (Å²) < 4.78 is 5.46. The van der Waals surface area contributed by atoms with Crippen molar-refractivity contribution in [2.45, 2.75) is 12.8 Å². The molecule has 1 amide bonds. The number of carbonyl (C=O) groups is 2. The SMILES string of the molecule is O=C(O)C1CC(=O)N(c2nnc(Cc3ccccc3)o2)C1. The number of hydrogen-bond acceptors (Lipinski definition) is 5. The first kappa shape index (κ1) is 13.3. The molecule has 1 aliphatic rings. The summed E-state index contributed by atoms with van der Waals surface area (Å²) in [6, 6.07) is 9.67. The van der Waals surface area contributed by atoms with E-state index in [-0.39, 0.29) is 24.9 Å². The van der Waals surface area contributed by atoms with E-state index in [0.29, 0.717) is 12.3 Å². The molecule has 3 rings (SSSR count). The van der Waals surface area contributed by atoms with Gasteiger partial charge in [0, 0.05) is 13.0 Å². The van der Waals surface area contributed by atoms with E-state index in [1.807, 2.05) is 30.3 Å². The van der Waals surface area contributed by atoms with Crippen molar-refractivity contribution >= 4 is 17.9 Å². The normalized spacial score (nSPS) is 18.2. The monoisotopic (exact) mass is 287 g/mol. The van der Waals surface area contributed by atoms with Crippen LogP contribution in [0.15, 0.2) is 34.7 Å². The molecule has 1 N–H and O–H groups in total. The van der Waals surface area contributed by atoms with Gasteiger partial charge in [0.25, 0.3) is 0 Å². The van der Waals surface area contributed by atoms with Gasteiger partial charge in [-0.1, -0.05) is 35.4 Å². The molecule has 0 aliphatic carbocycles. The number of hydrogen-bond donors (Lipinski definition) is 1. The van der Waals surface area contributed by atoms with E-state index >= 15 is 0 Å². The van der Waals surface area contributed by atoms with Crippen molar-refractivity contribution in [2.24, 2.45) is 5.92 Å². The van der Waals surface area contributed by atoms with Crippen LogP contribution < -0.4 is 4.90 Å². The number of carbonyl (C=O) groups excluding carboxylic acids is 1. The number of aromatic nitrogens is 2. The smallest absolute Gasteiger partial charge is 0.325 e. The van der Waals surface area contributed by atoms with Crippen molar-refractivity contribution in [3.63, 3.8) is 0 Å². The largest absolute Gasteiger partial charge is 0.481 e. The molecule has 0 radical (unpaired) electrons. The number of rotatable bonds is 4. The van der Waals surface area contributed by atoms with Crippen molar-refractivity contribution < 1.29 is 19.1 Å². The highest BCUT2D eigenvalue weighted by Crippen LogP contribution is 2.24. The zero-order chi connectivity index (χ0) is 14.8. The van der Waals surface area contributed by atoms with Crippen LogP contribution in [0.3, 0.4) is 0 Å². The Morgan fingerprint density at radius 2 is 2.10 bits per heavy atom. The summed E-state index contributed by atoms with van der Waals surface area (Å²) >= 11 is 0. The highest BCUT2D eigenvalue weighted by atomic mass is 16.4. The number of aliphatic carboxylic acids is 1. The van der Waals surface area contributed by atoms with Crippen LogP contribution in [0.4, 0.5) is 6.01 Å². The third-order valence-corrected chi connectivity index (χ3v) is 3.36. The first-order valence-electron chi connectivity index (χ1n) is 6.53. The molecule has 1 aromatic carbocycles. The first-order chi connectivity index (χ1) is 10.1. The summed E-state index contributed by atoms with van der Waals surface area (Å²) in [5.41, 5.74) is 1.02. The molecule has 1 atom stereocenters. The lowest BCUT2D eigenvalue weighted by molar-refractivity contribution is -0.141. The molecular formula is C14H13N3O4. The predicted molar refractivity (Wildman–Crippen MR) is 71.6 cm³/mol. The van der Waals surface area contributed by atoms with Crippen LogP contribution in [-0.4, -0.2) is 33.7 Å². The lowest BCUT2D eigenvalue weighted by Gasteiger charge is -2.09. The van der Waals surface area contributed by atoms with Gasteiger partial charge in [-0.15, -0.1) is 5.10 Å². The van der Waals surface area contributed by atoms with Crippen LogP contribution in [0.1, 0.15) is 17.9 Å². The fraction of sp³-hybridized carbons (Fsp3) is 0.286. The van der Waals surface area contributed by atoms with Gasteiger partial charge in [-0.3, -0.25) is 14.5 Å². The van der Waals surface area contributed by atoms with E-state index in [9.17, 15) is 9.59 Å². The maximum Gasteiger partial charge on any atom is 0.325 e. The molecule has 21 heavy (non-hydrogen) atoms. The molecule has 0 spiro atoms. The Morgan fingerprint density at radius 1 is 1.33 bits per heavy atom. The third-order valence-electron chi connectivity index (χ3n) is 3.36. The molecule has 108 valence electrons. The second kappa shape index (κ2) is 5.35. The molecule has 2 heterocycles. The average Bonchev–Trinajstić information content (AvgIpc) is 3.06. The van der Waals surface area contributed by atoms with Crippen molar-refractivity contribution in [3.8, 4) is 0 Å². The molecule has 1 unspecified atom stereocenters. The maximum atomic E-state index is 11.8. The van der Waals surface area contributed by atoms with Crippen LogP contribution in [0.2, 0.25) is 0 Å². The van der Waals surface area contributed by atoms with E-state index in [1.165, 1.54) is 4.90 Å². The lowest BCUT2D eigenvalue weighted by Crippen LogP contribution is -2.26. The molecule has 1 fully saturated rings. The fourth-order valence-corrected chi connectivity index (χ4v) is 2.25. The molecule has 2 aromatic rings. The number of carboxylic acid groups (broad SMARTS) is 1. The number of carboxylic acids is 1. The minimum atomic E-state index is -0.991. The molecule has 7 nitrogen and oxygen atoms in total. The van der Waals surface area contributed by atoms with Crippen LogP contribution >= 0.6 is 0 Å². The number of amides is 1. The van der Waals surface area contributed by atoms with E-state index in [2.05, 4.69) is 10.2 Å². The lowest BCUT2D eigenvalue weighted by atomic mass is 10.1. The Kier molecular flexibility index (Phi) is 3.39. The second-order valence-corrected chi connectivity index (χ2v) is 4.88. The van der Waals surface area contributed by atoms with E-state index in [4.69, 9.17) is 9.52 Å². The average molecular weight is 287 g/mol. The second-order valence-electron chi connectivity index (χ2n) is 4.88. The topological polar surface area (TPSA) is 96.5 Å². The van der Waals surface area contributed by atoms with Gasteiger partial charge in [0.15, 0.2) is 0 Å². The molecule has 1 saturated heterocycles. The summed E-state index contributed by atoms with van der Waals surface area (Å²) in [4.78, 5) is 24.0. The Morgan fingerprint density at radius 3 is 2.76 bits per heavy atom. The summed E-state index contributed by atoms with van der Waals surface area (Å²) in [5, 5.41) is 16.7. The Labute approximate surface area is 120 Å². The highest BCUT2D eigenvalue weighted by molar-refractivity contribution is 5.97. The summed E-state index contributed by atoms with van der Waals surface area (Å²) in [6.07, 6.45) is 0.434. The molecule has 7 heteroatoms. The predicted octanol–water partition coefficient (Wildman–Crippen LogP) is 1.10. The minimum absolute atomic E-state index is 0.0360. The Bertz CT molecular complexity index is 668. The van der Waals surface area contributed by atoms with Crippen LogP contribution in [0.25, 0.3) is 0 Å². The zero-order valence-electron chi connectivity index (χ0n) is 11.1. The van der Waals surface area contributed by atoms with Gasteiger partial charge in [-0.05, 0) is 5.56 Å². The highest BCUT2D eigenvalue weighted by Gasteiger charge is 2.37. The van der Waals surface area contributed by atoms with Crippen molar-refractivity contribution in [3.05, 3.63) is 41.8 Å². The molecule has 1 aromatic heterocycles. The molecule has 1 aliphatic heterocycles. The van der Waals surface area contributed by atoms with Gasteiger partial charge in [0.2, 0.25) is 11.8 Å². The summed E-state index contributed by atoms with van der Waals surface area (Å²) in [5.74, 6) is -1.63. The van der Waals surface area contributed by atoms with E-state index in [1.54, 1.807) is 0 Å². The van der Waals surface area contributed by atoms with Crippen LogP contribution in [-0.2, 0) is 16.0 Å². The van der Waals surface area contributed by atoms with Crippen LogP contribution in [0.5, 0.6) is 0 Å². The van der Waals surface area contributed by atoms with Gasteiger partial charge < -0.3 is 9.52 Å². The number of nitrogens with zero attached hydrogens (tertiary/aromatic N) is 3. The maximum absolute atomic E-state index is 11.8. The standard InChI is InChI=1S/C14H13N3O4/c18-12-7-10(13(19)20)8-17(12)14-16-15-11(21-14)6-9-4-2-1-3-5-9/h1-5,10H,6-8H2,(H,19,20). The Hall–Kier alpha value is -2.70. The van der Waals surface area contributed by atoms with Gasteiger partial charge in [0.1, 0.15) is 0 Å². The van der Waals surface area contributed by atoms with Crippen molar-refractivity contribution in [2.75, 3.05) is 11.4 Å². The first-order valence-corrected chi connectivity index (χ1v) is 6.53. The molecule has 0 bridgehead atoms. The quantitative estimate of drug-likeness (QED) is 0.904. The summed E-state index contributed by atoms with van der Waals surface area (Å²) in [7, 11) is 0. The number of anilines is 1. The minimum Gasteiger partial charge on any atom is -0.481 e. The van der Waals surface area contributed by atoms with Crippen molar-refractivity contribution in [1.29, 1.82) is 0 Å². The summed E-state index contributed by atoms with van der Waals surface area (Å²) in [6.45, 7) is 0.0706. The Balaban J connectivity index is 1.73. The van der Waals surface area contributed by atoms with Gasteiger partial charge in [-0.2, -0.15) is 0 Å². The fourth-order valence-electron chi connectivity index (χ4n) is 2.25. The van der Waals surface area contributed by atoms with Crippen molar-refractivity contribution in [1.82, 2.24) is 10.2 Å². The molecular weight excluding hydrogens is 274 g/mol. The van der Waals surface area contributed by atoms with E-state index in [0.717, 1.165) is 5.56 Å². The van der Waals surface area contributed by atoms with Gasteiger partial charge >= 0.3 is 12.0 Å². The van der Waals surface area contributed by atoms with Gasteiger partial charge in [-0.25, -0.2) is 0 Å². The number of benzene rings is 1.